The van der Waals surface area contributed by atoms with Crippen LogP contribution in [-0.2, 0) is 26.2 Å². The van der Waals surface area contributed by atoms with Crippen molar-refractivity contribution in [2.45, 2.75) is 45.8 Å². The Kier molecular flexibility index (Phi) is 9.73. The lowest BCUT2D eigenvalue weighted by Crippen LogP contribution is -2.52. The van der Waals surface area contributed by atoms with E-state index in [0.29, 0.717) is 12.0 Å². The predicted molar refractivity (Wildman–Crippen MR) is 133 cm³/mol. The summed E-state index contributed by atoms with van der Waals surface area (Å²) >= 11 is 12.2. The van der Waals surface area contributed by atoms with Crippen LogP contribution in [-0.4, -0.2) is 50.0 Å². The third kappa shape index (κ3) is 7.58. The fourth-order valence-corrected chi connectivity index (χ4v) is 4.40. The second-order valence-corrected chi connectivity index (χ2v) is 10.8. The normalized spacial score (nSPS) is 13.1. The first-order valence-electron chi connectivity index (χ1n) is 10.6. The molecule has 0 radical (unpaired) electrons. The summed E-state index contributed by atoms with van der Waals surface area (Å²) in [5.74, 6) is -1.47. The van der Waals surface area contributed by atoms with Crippen molar-refractivity contribution in [2.75, 3.05) is 17.1 Å². The zero-order valence-electron chi connectivity index (χ0n) is 19.4. The van der Waals surface area contributed by atoms with Crippen LogP contribution in [0.15, 0.2) is 42.5 Å². The molecule has 0 saturated heterocycles. The van der Waals surface area contributed by atoms with Gasteiger partial charge >= 0.3 is 0 Å². The molecule has 0 fully saturated rings. The molecular formula is C23H28Cl2FN3O4S. The summed E-state index contributed by atoms with van der Waals surface area (Å²) in [6.07, 6.45) is 1.64. The highest BCUT2D eigenvalue weighted by atomic mass is 35.5. The van der Waals surface area contributed by atoms with Gasteiger partial charge in [-0.15, -0.1) is 0 Å². The van der Waals surface area contributed by atoms with Crippen LogP contribution in [0.1, 0.15) is 32.8 Å². The van der Waals surface area contributed by atoms with Gasteiger partial charge in [0.25, 0.3) is 0 Å². The van der Waals surface area contributed by atoms with E-state index in [1.54, 1.807) is 6.92 Å². The quantitative estimate of drug-likeness (QED) is 0.496. The van der Waals surface area contributed by atoms with Gasteiger partial charge < -0.3 is 10.2 Å². The molecule has 0 aliphatic carbocycles. The molecule has 0 heterocycles. The fourth-order valence-electron chi connectivity index (χ4n) is 3.11. The first-order valence-corrected chi connectivity index (χ1v) is 13.2. The van der Waals surface area contributed by atoms with Crippen LogP contribution in [0.2, 0.25) is 10.0 Å². The average Bonchev–Trinajstić information content (AvgIpc) is 2.77. The van der Waals surface area contributed by atoms with Crippen molar-refractivity contribution in [3.05, 3.63) is 63.9 Å². The number of halogens is 3. The Hall–Kier alpha value is -2.36. The van der Waals surface area contributed by atoms with Gasteiger partial charge in [0.1, 0.15) is 18.4 Å². The van der Waals surface area contributed by atoms with E-state index in [1.807, 2.05) is 13.8 Å². The van der Waals surface area contributed by atoms with Crippen LogP contribution >= 0.6 is 23.2 Å². The van der Waals surface area contributed by atoms with Gasteiger partial charge in [-0.3, -0.25) is 13.9 Å². The first kappa shape index (κ1) is 27.9. The van der Waals surface area contributed by atoms with Gasteiger partial charge in [0.2, 0.25) is 21.8 Å². The molecule has 0 saturated carbocycles. The SMILES string of the molecule is CC[C@H](C)NC(=O)[C@H](C)N(Cc1ccc(F)cc1)C(=O)CN(c1cc(Cl)ccc1Cl)S(C)(=O)=O. The van der Waals surface area contributed by atoms with Gasteiger partial charge in [-0.2, -0.15) is 0 Å². The van der Waals surface area contributed by atoms with E-state index in [2.05, 4.69) is 5.32 Å². The van der Waals surface area contributed by atoms with Crippen molar-refractivity contribution in [1.29, 1.82) is 0 Å². The predicted octanol–water partition coefficient (Wildman–Crippen LogP) is 4.23. The highest BCUT2D eigenvalue weighted by Gasteiger charge is 2.31. The van der Waals surface area contributed by atoms with Crippen molar-refractivity contribution >= 4 is 50.7 Å². The molecule has 0 bridgehead atoms. The molecule has 2 aromatic carbocycles. The van der Waals surface area contributed by atoms with E-state index in [-0.39, 0.29) is 28.3 Å². The van der Waals surface area contributed by atoms with Crippen LogP contribution in [0.25, 0.3) is 0 Å². The lowest BCUT2D eigenvalue weighted by atomic mass is 10.1. The minimum Gasteiger partial charge on any atom is -0.352 e. The third-order valence-electron chi connectivity index (χ3n) is 5.29. The Labute approximate surface area is 209 Å². The van der Waals surface area contributed by atoms with Crippen molar-refractivity contribution in [2.24, 2.45) is 0 Å². The van der Waals surface area contributed by atoms with E-state index in [0.717, 1.165) is 10.6 Å². The lowest BCUT2D eigenvalue weighted by Gasteiger charge is -2.32. The standard InChI is InChI=1S/C23H28Cl2FN3O4S/c1-5-15(2)27-23(31)16(3)28(13-17-6-9-19(26)10-7-17)22(30)14-29(34(4,32)33)21-12-18(24)8-11-20(21)25/h6-12,15-16H,5,13-14H2,1-4H3,(H,27,31)/t15-,16-/m0/s1. The highest BCUT2D eigenvalue weighted by molar-refractivity contribution is 7.92. The van der Waals surface area contributed by atoms with Crippen LogP contribution < -0.4 is 9.62 Å². The van der Waals surface area contributed by atoms with Gasteiger partial charge in [0, 0.05) is 17.6 Å². The Bertz CT molecular complexity index is 1130. The van der Waals surface area contributed by atoms with E-state index in [4.69, 9.17) is 23.2 Å². The maximum atomic E-state index is 13.4. The summed E-state index contributed by atoms with van der Waals surface area (Å²) in [5.41, 5.74) is 0.619. The van der Waals surface area contributed by atoms with E-state index < -0.39 is 40.2 Å². The van der Waals surface area contributed by atoms with Gasteiger partial charge in [0.15, 0.2) is 0 Å². The largest absolute Gasteiger partial charge is 0.352 e. The summed E-state index contributed by atoms with van der Waals surface area (Å²) in [6.45, 7) is 4.66. The van der Waals surface area contributed by atoms with Crippen molar-refractivity contribution in [3.8, 4) is 0 Å². The monoisotopic (exact) mass is 531 g/mol. The number of amides is 2. The molecule has 1 N–H and O–H groups in total. The number of nitrogens with one attached hydrogen (secondary N) is 1. The van der Waals surface area contributed by atoms with Gasteiger partial charge in [-0.1, -0.05) is 42.3 Å². The zero-order chi connectivity index (χ0) is 25.6. The fraction of sp³-hybridized carbons (Fsp3) is 0.391. The molecule has 0 aliphatic rings. The van der Waals surface area contributed by atoms with Gasteiger partial charge in [0.05, 0.1) is 17.0 Å². The molecule has 11 heteroatoms. The van der Waals surface area contributed by atoms with Gasteiger partial charge in [-0.05, 0) is 56.2 Å². The Balaban J connectivity index is 2.42. The van der Waals surface area contributed by atoms with Crippen LogP contribution in [0.5, 0.6) is 0 Å². The maximum absolute atomic E-state index is 13.4. The summed E-state index contributed by atoms with van der Waals surface area (Å²) < 4.78 is 39.4. The summed E-state index contributed by atoms with van der Waals surface area (Å²) in [6, 6.07) is 8.72. The molecule has 2 amide bonds. The molecule has 0 aromatic heterocycles. The number of rotatable bonds is 10. The number of carbonyl (C=O) groups excluding carboxylic acids is 2. The molecule has 0 spiro atoms. The van der Waals surface area contributed by atoms with E-state index >= 15 is 0 Å². The number of hydrogen-bond acceptors (Lipinski definition) is 4. The minimum atomic E-state index is -3.94. The van der Waals surface area contributed by atoms with Crippen molar-refractivity contribution < 1.29 is 22.4 Å². The molecule has 0 aliphatic heterocycles. The molecular weight excluding hydrogens is 504 g/mol. The van der Waals surface area contributed by atoms with Crippen molar-refractivity contribution in [1.82, 2.24) is 10.2 Å². The molecule has 2 aromatic rings. The smallest absolute Gasteiger partial charge is 0.244 e. The van der Waals surface area contributed by atoms with Crippen LogP contribution in [0, 0.1) is 5.82 Å². The number of benzene rings is 2. The molecule has 34 heavy (non-hydrogen) atoms. The summed E-state index contributed by atoms with van der Waals surface area (Å²) in [7, 11) is -3.94. The molecule has 7 nitrogen and oxygen atoms in total. The number of anilines is 1. The number of nitrogens with zero attached hydrogens (tertiary/aromatic N) is 2. The summed E-state index contributed by atoms with van der Waals surface area (Å²) in [4.78, 5) is 27.5. The van der Waals surface area contributed by atoms with Crippen LogP contribution in [0.4, 0.5) is 10.1 Å². The second-order valence-electron chi connectivity index (χ2n) is 8.01. The van der Waals surface area contributed by atoms with Crippen LogP contribution in [0.3, 0.4) is 0 Å². The Morgan fingerprint density at radius 1 is 1.09 bits per heavy atom. The molecule has 2 rings (SSSR count). The summed E-state index contributed by atoms with van der Waals surface area (Å²) in [5, 5.41) is 3.16. The van der Waals surface area contributed by atoms with E-state index in [9.17, 15) is 22.4 Å². The molecule has 2 atom stereocenters. The average molecular weight is 532 g/mol. The maximum Gasteiger partial charge on any atom is 0.244 e. The molecule has 0 unspecified atom stereocenters. The molecule has 186 valence electrons. The second kappa shape index (κ2) is 11.9. The number of carbonyl (C=O) groups is 2. The third-order valence-corrected chi connectivity index (χ3v) is 6.97. The minimum absolute atomic E-state index is 0.0327. The number of hydrogen-bond donors (Lipinski definition) is 1. The zero-order valence-corrected chi connectivity index (χ0v) is 21.7. The number of sulfonamides is 1. The Morgan fingerprint density at radius 2 is 1.71 bits per heavy atom. The lowest BCUT2D eigenvalue weighted by molar-refractivity contribution is -0.139. The van der Waals surface area contributed by atoms with Gasteiger partial charge in [-0.25, -0.2) is 12.8 Å². The topological polar surface area (TPSA) is 86.8 Å². The Morgan fingerprint density at radius 3 is 2.26 bits per heavy atom. The van der Waals surface area contributed by atoms with Crippen molar-refractivity contribution in [3.63, 3.8) is 0 Å². The first-order chi connectivity index (χ1) is 15.8. The highest BCUT2D eigenvalue weighted by Crippen LogP contribution is 2.31. The van der Waals surface area contributed by atoms with E-state index in [1.165, 1.54) is 47.4 Å².